The molecule has 0 radical (unpaired) electrons. The summed E-state index contributed by atoms with van der Waals surface area (Å²) < 4.78 is 20.0. The van der Waals surface area contributed by atoms with Gasteiger partial charge in [-0.1, -0.05) is 38.1 Å². The molecule has 5 aliphatic carbocycles. The molecular weight excluding hydrogens is 438 g/mol. The van der Waals surface area contributed by atoms with Gasteiger partial charge in [-0.15, -0.1) is 0 Å². The highest BCUT2D eigenvalue weighted by Crippen LogP contribution is 2.78. The Morgan fingerprint density at radius 3 is 2.89 bits per heavy atom. The molecule has 188 valence electrons. The number of allylic oxidation sites excluding steroid dienone is 2. The number of rotatable bonds is 5. The van der Waals surface area contributed by atoms with E-state index in [-0.39, 0.29) is 28.1 Å². The Bertz CT molecular complexity index is 1140. The van der Waals surface area contributed by atoms with Crippen LogP contribution < -0.4 is 4.74 Å². The Hall–Kier alpha value is -1.82. The molecule has 0 amide bonds. The maximum atomic E-state index is 10.9. The number of ether oxygens (including phenoxy) is 3. The number of phenols is 1. The third kappa shape index (κ3) is 2.50. The molecule has 1 N–H and O–H groups in total. The summed E-state index contributed by atoms with van der Waals surface area (Å²) in [7, 11) is 4.19. The van der Waals surface area contributed by atoms with Gasteiger partial charge in [-0.25, -0.2) is 0 Å². The number of phenolic OH excluding ortho intramolecular Hbond substituents is 1. The molecule has 0 aromatic heterocycles. The van der Waals surface area contributed by atoms with Crippen molar-refractivity contribution in [1.29, 1.82) is 0 Å². The van der Waals surface area contributed by atoms with Gasteiger partial charge in [0.15, 0.2) is 11.5 Å². The highest BCUT2D eigenvalue weighted by molar-refractivity contribution is 5.63. The van der Waals surface area contributed by atoms with Crippen molar-refractivity contribution in [3.05, 3.63) is 47.1 Å². The maximum absolute atomic E-state index is 10.9. The molecule has 4 bridgehead atoms. The first-order chi connectivity index (χ1) is 16.8. The summed E-state index contributed by atoms with van der Waals surface area (Å²) in [4.78, 5) is 2.61. The molecule has 1 unspecified atom stereocenters. The molecule has 2 heterocycles. The summed E-state index contributed by atoms with van der Waals surface area (Å²) in [6.07, 6.45) is 13.1. The molecule has 7 aliphatic rings. The van der Waals surface area contributed by atoms with Gasteiger partial charge in [0.05, 0.1) is 13.2 Å². The second-order valence-corrected chi connectivity index (χ2v) is 12.7. The Morgan fingerprint density at radius 2 is 2.09 bits per heavy atom. The Kier molecular flexibility index (Phi) is 4.57. The van der Waals surface area contributed by atoms with E-state index in [1.54, 1.807) is 0 Å². The summed E-state index contributed by atoms with van der Waals surface area (Å²) in [5.41, 5.74) is 3.34. The quantitative estimate of drug-likeness (QED) is 0.662. The van der Waals surface area contributed by atoms with E-state index >= 15 is 0 Å². The molecular formula is C30H39NO4. The molecule has 7 atom stereocenters. The van der Waals surface area contributed by atoms with E-state index in [1.807, 2.05) is 13.2 Å². The normalized spacial score (nSPS) is 44.7. The third-order valence-corrected chi connectivity index (χ3v) is 11.2. The summed E-state index contributed by atoms with van der Waals surface area (Å²) in [6.45, 7) is 7.01. The summed E-state index contributed by atoms with van der Waals surface area (Å²) in [5, 5.41) is 10.9. The smallest absolute Gasteiger partial charge is 0.165 e. The largest absolute Gasteiger partial charge is 0.504 e. The van der Waals surface area contributed by atoms with Gasteiger partial charge in [0, 0.05) is 35.0 Å². The van der Waals surface area contributed by atoms with E-state index in [2.05, 4.69) is 50.1 Å². The van der Waals surface area contributed by atoms with Crippen molar-refractivity contribution in [2.24, 2.45) is 16.7 Å². The van der Waals surface area contributed by atoms with Crippen molar-refractivity contribution in [3.8, 4) is 11.5 Å². The first-order valence-electron chi connectivity index (χ1n) is 13.5. The third-order valence-electron chi connectivity index (χ3n) is 11.2. The second kappa shape index (κ2) is 7.14. The highest BCUT2D eigenvalue weighted by atomic mass is 16.6. The second-order valence-electron chi connectivity index (χ2n) is 12.7. The van der Waals surface area contributed by atoms with Gasteiger partial charge < -0.3 is 24.2 Å². The van der Waals surface area contributed by atoms with Crippen LogP contribution in [0, 0.1) is 16.7 Å². The van der Waals surface area contributed by atoms with Crippen LogP contribution in [0.3, 0.4) is 0 Å². The van der Waals surface area contributed by atoms with Crippen molar-refractivity contribution in [1.82, 2.24) is 4.90 Å². The summed E-state index contributed by atoms with van der Waals surface area (Å²) in [5.74, 6) is 1.60. The lowest BCUT2D eigenvalue weighted by Crippen LogP contribution is -2.83. The molecule has 35 heavy (non-hydrogen) atoms. The molecule has 1 aromatic rings. The monoisotopic (exact) mass is 477 g/mol. The molecule has 8 rings (SSSR count). The first-order valence-corrected chi connectivity index (χ1v) is 13.5. The van der Waals surface area contributed by atoms with Crippen LogP contribution in [-0.2, 0) is 21.3 Å². The topological polar surface area (TPSA) is 51.2 Å². The van der Waals surface area contributed by atoms with Gasteiger partial charge in [0.25, 0.3) is 0 Å². The van der Waals surface area contributed by atoms with Crippen LogP contribution in [0.5, 0.6) is 11.5 Å². The predicted octanol–water partition coefficient (Wildman–Crippen LogP) is 4.77. The zero-order valence-corrected chi connectivity index (χ0v) is 21.6. The number of likely N-dealkylation sites (tertiary alicyclic amines) is 1. The lowest BCUT2D eigenvalue weighted by atomic mass is 9.32. The maximum Gasteiger partial charge on any atom is 0.165 e. The van der Waals surface area contributed by atoms with E-state index < -0.39 is 5.60 Å². The van der Waals surface area contributed by atoms with Gasteiger partial charge in [-0.2, -0.15) is 0 Å². The fraction of sp³-hybridized carbons (Fsp3) is 0.667. The van der Waals surface area contributed by atoms with Crippen molar-refractivity contribution < 1.29 is 19.3 Å². The van der Waals surface area contributed by atoms with Gasteiger partial charge in [0.1, 0.15) is 11.7 Å². The van der Waals surface area contributed by atoms with Crippen LogP contribution >= 0.6 is 0 Å². The van der Waals surface area contributed by atoms with Crippen LogP contribution in [0.25, 0.3) is 0 Å². The number of nitrogens with zero attached hydrogens (tertiary/aromatic N) is 1. The van der Waals surface area contributed by atoms with Crippen LogP contribution in [0.15, 0.2) is 35.9 Å². The Labute approximate surface area is 209 Å². The molecule has 3 saturated carbocycles. The zero-order chi connectivity index (χ0) is 24.2. The molecule has 4 fully saturated rings. The van der Waals surface area contributed by atoms with Gasteiger partial charge in [0.2, 0.25) is 0 Å². The van der Waals surface area contributed by atoms with Crippen molar-refractivity contribution in [2.75, 3.05) is 33.9 Å². The number of hydrogen-bond acceptors (Lipinski definition) is 5. The standard InChI is InChI=1S/C30H39NO4/c1-19-6-5-7-20(14-19)16-34-18-27(2)17-28-10-11-30(27,33-4)26-29(28)12-13-31(3)23(28)15-21-8-9-22(32)25(35-26)24(21)29/h5,7-9,14,19,23,26,32H,6,10-13,15-18H2,1-4H3/t19?,23-,26-,27-,28-,29+,30+/m1/s1. The number of methoxy groups -OCH3 is 1. The number of aromatic hydroxyl groups is 1. The SMILES string of the molecule is CO[C@]12CC[C@@]3(C[C@]1(C)COCC1=CC(C)CC=C1)[C@H]1Cc4ccc(O)c5c4[C@@]3(CCN1C)[C@H]2O5. The minimum atomic E-state index is -0.445. The predicted molar refractivity (Wildman–Crippen MR) is 135 cm³/mol. The van der Waals surface area contributed by atoms with E-state index in [9.17, 15) is 5.11 Å². The number of piperidine rings is 1. The number of likely N-dealkylation sites (N-methyl/N-ethyl adjacent to an activating group) is 1. The van der Waals surface area contributed by atoms with Crippen LogP contribution in [0.2, 0.25) is 0 Å². The Morgan fingerprint density at radius 1 is 1.23 bits per heavy atom. The van der Waals surface area contributed by atoms with E-state index in [4.69, 9.17) is 14.2 Å². The van der Waals surface area contributed by atoms with Crippen LogP contribution in [0.4, 0.5) is 0 Å². The number of fused-ring (bicyclic) bond motifs is 2. The fourth-order valence-electron chi connectivity index (χ4n) is 9.84. The lowest BCUT2D eigenvalue weighted by Gasteiger charge is -2.76. The molecule has 5 nitrogen and oxygen atoms in total. The minimum Gasteiger partial charge on any atom is -0.504 e. The van der Waals surface area contributed by atoms with Gasteiger partial charge >= 0.3 is 0 Å². The van der Waals surface area contributed by atoms with E-state index in [0.717, 1.165) is 50.8 Å². The lowest BCUT2D eigenvalue weighted by molar-refractivity contribution is -0.312. The number of hydrogen-bond donors (Lipinski definition) is 1. The van der Waals surface area contributed by atoms with E-state index in [0.29, 0.717) is 25.2 Å². The number of benzene rings is 1. The van der Waals surface area contributed by atoms with Crippen LogP contribution in [0.1, 0.15) is 57.1 Å². The van der Waals surface area contributed by atoms with Crippen LogP contribution in [-0.4, -0.2) is 61.7 Å². The van der Waals surface area contributed by atoms with Crippen molar-refractivity contribution in [3.63, 3.8) is 0 Å². The zero-order valence-electron chi connectivity index (χ0n) is 21.6. The fourth-order valence-corrected chi connectivity index (χ4v) is 9.84. The van der Waals surface area contributed by atoms with Crippen molar-refractivity contribution >= 4 is 0 Å². The molecule has 1 saturated heterocycles. The average Bonchev–Trinajstić information content (AvgIpc) is 3.20. The minimum absolute atomic E-state index is 0.0936. The van der Waals surface area contributed by atoms with Gasteiger partial charge in [-0.3, -0.25) is 0 Å². The average molecular weight is 478 g/mol. The highest BCUT2D eigenvalue weighted by Gasteiger charge is 2.82. The summed E-state index contributed by atoms with van der Waals surface area (Å²) >= 11 is 0. The summed E-state index contributed by atoms with van der Waals surface area (Å²) in [6, 6.07) is 4.47. The molecule has 2 aliphatic heterocycles. The molecule has 5 heteroatoms. The van der Waals surface area contributed by atoms with Crippen molar-refractivity contribution in [2.45, 2.75) is 75.5 Å². The molecule has 1 aromatic carbocycles. The molecule has 2 spiro atoms. The van der Waals surface area contributed by atoms with Gasteiger partial charge in [-0.05, 0) is 75.2 Å². The first kappa shape index (κ1) is 22.4. The van der Waals surface area contributed by atoms with E-state index in [1.165, 1.54) is 16.7 Å². The Balaban J connectivity index is 1.32.